The van der Waals surface area contributed by atoms with Crippen LogP contribution in [0.2, 0.25) is 0 Å². The highest BCUT2D eigenvalue weighted by Gasteiger charge is 2.16. The minimum absolute atomic E-state index is 0.0414. The number of aryl methyl sites for hydroxylation is 1. The normalized spacial score (nSPS) is 12.0. The molecule has 0 bridgehead atoms. The Kier molecular flexibility index (Phi) is 3.26. The van der Waals surface area contributed by atoms with Crippen molar-refractivity contribution >= 4 is 16.7 Å². The predicted octanol–water partition coefficient (Wildman–Crippen LogP) is 2.75. The third-order valence-electron chi connectivity index (χ3n) is 2.98. The van der Waals surface area contributed by atoms with Crippen LogP contribution in [0.25, 0.3) is 10.9 Å². The van der Waals surface area contributed by atoms with E-state index in [0.29, 0.717) is 6.54 Å². The number of hydrogen-bond acceptors (Lipinski definition) is 2. The van der Waals surface area contributed by atoms with E-state index in [2.05, 4.69) is 26.1 Å². The van der Waals surface area contributed by atoms with E-state index < -0.39 is 0 Å². The number of carbonyl (C=O) groups is 1. The zero-order valence-corrected chi connectivity index (χ0v) is 11.4. The van der Waals surface area contributed by atoms with E-state index in [-0.39, 0.29) is 11.3 Å². The van der Waals surface area contributed by atoms with Gasteiger partial charge in [0.05, 0.1) is 6.54 Å². The minimum atomic E-state index is -0.0414. The van der Waals surface area contributed by atoms with Gasteiger partial charge in [-0.15, -0.1) is 0 Å². The number of benzene rings is 1. The van der Waals surface area contributed by atoms with Gasteiger partial charge in [-0.25, -0.2) is 0 Å². The van der Waals surface area contributed by atoms with E-state index in [9.17, 15) is 4.79 Å². The summed E-state index contributed by atoms with van der Waals surface area (Å²) in [6.45, 7) is 6.55. The Bertz CT molecular complexity index is 576. The maximum atomic E-state index is 12.2. The van der Waals surface area contributed by atoms with Crippen LogP contribution in [0.1, 0.15) is 31.1 Å². The smallest absolute Gasteiger partial charge is 0.178 e. The molecule has 0 saturated carbocycles. The SMILES string of the molecule is Cn1cc(C(=O)CNC(C)(C)C)c2ccccc21. The van der Waals surface area contributed by atoms with Gasteiger partial charge in [-0.2, -0.15) is 0 Å². The lowest BCUT2D eigenvalue weighted by atomic mass is 10.1. The van der Waals surface area contributed by atoms with Crippen molar-refractivity contribution < 1.29 is 4.79 Å². The van der Waals surface area contributed by atoms with Gasteiger partial charge in [0.15, 0.2) is 5.78 Å². The molecule has 0 unspecified atom stereocenters. The molecular formula is C15H20N2O. The number of hydrogen-bond donors (Lipinski definition) is 1. The van der Waals surface area contributed by atoms with Crippen molar-refractivity contribution in [3.05, 3.63) is 36.0 Å². The van der Waals surface area contributed by atoms with Crippen LogP contribution in [-0.2, 0) is 7.05 Å². The number of aromatic nitrogens is 1. The maximum absolute atomic E-state index is 12.2. The molecule has 0 aliphatic carbocycles. The molecule has 0 spiro atoms. The number of Topliss-reactive ketones (excluding diaryl/α,β-unsaturated/α-hetero) is 1. The first-order chi connectivity index (χ1) is 8.38. The molecule has 2 aromatic rings. The molecule has 18 heavy (non-hydrogen) atoms. The molecule has 0 saturated heterocycles. The fourth-order valence-electron chi connectivity index (χ4n) is 2.00. The second-order valence-electron chi connectivity index (χ2n) is 5.70. The van der Waals surface area contributed by atoms with E-state index >= 15 is 0 Å². The quantitative estimate of drug-likeness (QED) is 0.842. The molecule has 0 aliphatic heterocycles. The van der Waals surface area contributed by atoms with E-state index in [1.165, 1.54) is 0 Å². The Morgan fingerprint density at radius 1 is 1.28 bits per heavy atom. The van der Waals surface area contributed by atoms with Gasteiger partial charge in [-0.05, 0) is 26.8 Å². The molecule has 0 amide bonds. The first-order valence-electron chi connectivity index (χ1n) is 6.21. The lowest BCUT2D eigenvalue weighted by Gasteiger charge is -2.19. The summed E-state index contributed by atoms with van der Waals surface area (Å²) >= 11 is 0. The Morgan fingerprint density at radius 3 is 2.61 bits per heavy atom. The van der Waals surface area contributed by atoms with Crippen LogP contribution in [0, 0.1) is 0 Å². The van der Waals surface area contributed by atoms with Gasteiger partial charge in [0.1, 0.15) is 0 Å². The van der Waals surface area contributed by atoms with E-state index in [1.54, 1.807) is 0 Å². The van der Waals surface area contributed by atoms with Gasteiger partial charge in [-0.3, -0.25) is 4.79 Å². The molecule has 1 aromatic heterocycles. The summed E-state index contributed by atoms with van der Waals surface area (Å²) in [6, 6.07) is 7.99. The summed E-state index contributed by atoms with van der Waals surface area (Å²) in [4.78, 5) is 12.2. The van der Waals surface area contributed by atoms with E-state index in [1.807, 2.05) is 42.1 Å². The summed E-state index contributed by atoms with van der Waals surface area (Å²) in [5.74, 6) is 0.140. The molecule has 0 atom stereocenters. The molecule has 2 rings (SSSR count). The lowest BCUT2D eigenvalue weighted by molar-refractivity contribution is 0.0983. The number of para-hydroxylation sites is 1. The van der Waals surface area contributed by atoms with Crippen molar-refractivity contribution in [2.75, 3.05) is 6.54 Å². The summed E-state index contributed by atoms with van der Waals surface area (Å²) < 4.78 is 2.00. The summed E-state index contributed by atoms with van der Waals surface area (Å²) in [5, 5.41) is 4.26. The van der Waals surface area contributed by atoms with Gasteiger partial charge in [0.25, 0.3) is 0 Å². The maximum Gasteiger partial charge on any atom is 0.178 e. The Morgan fingerprint density at radius 2 is 1.94 bits per heavy atom. The van der Waals surface area contributed by atoms with Crippen LogP contribution < -0.4 is 5.32 Å². The number of ketones is 1. The highest BCUT2D eigenvalue weighted by Crippen LogP contribution is 2.20. The van der Waals surface area contributed by atoms with Gasteiger partial charge >= 0.3 is 0 Å². The molecule has 0 fully saturated rings. The number of nitrogens with zero attached hydrogens (tertiary/aromatic N) is 1. The van der Waals surface area contributed by atoms with E-state index in [0.717, 1.165) is 16.5 Å². The number of rotatable bonds is 3. The topological polar surface area (TPSA) is 34.0 Å². The summed E-state index contributed by atoms with van der Waals surface area (Å²) in [5.41, 5.74) is 1.85. The van der Waals surface area contributed by atoms with E-state index in [4.69, 9.17) is 0 Å². The van der Waals surface area contributed by atoms with Crippen molar-refractivity contribution in [3.63, 3.8) is 0 Å². The predicted molar refractivity (Wildman–Crippen MR) is 75.0 cm³/mol. The van der Waals surface area contributed by atoms with Crippen molar-refractivity contribution in [2.45, 2.75) is 26.3 Å². The Labute approximate surface area is 108 Å². The van der Waals surface area contributed by atoms with Crippen molar-refractivity contribution in [1.29, 1.82) is 0 Å². The molecule has 1 aromatic carbocycles. The van der Waals surface area contributed by atoms with Crippen molar-refractivity contribution in [2.24, 2.45) is 7.05 Å². The summed E-state index contributed by atoms with van der Waals surface area (Å²) in [6.07, 6.45) is 1.91. The average Bonchev–Trinajstić information content (AvgIpc) is 2.64. The average molecular weight is 244 g/mol. The number of fused-ring (bicyclic) bond motifs is 1. The highest BCUT2D eigenvalue weighted by atomic mass is 16.1. The Hall–Kier alpha value is -1.61. The van der Waals surface area contributed by atoms with Crippen LogP contribution >= 0.6 is 0 Å². The zero-order chi connectivity index (χ0) is 13.3. The van der Waals surface area contributed by atoms with Crippen LogP contribution in [0.3, 0.4) is 0 Å². The summed E-state index contributed by atoms with van der Waals surface area (Å²) in [7, 11) is 1.97. The molecule has 1 heterocycles. The molecule has 3 nitrogen and oxygen atoms in total. The molecular weight excluding hydrogens is 224 g/mol. The first kappa shape index (κ1) is 12.8. The lowest BCUT2D eigenvalue weighted by Crippen LogP contribution is -2.39. The third-order valence-corrected chi connectivity index (χ3v) is 2.98. The zero-order valence-electron chi connectivity index (χ0n) is 11.4. The molecule has 0 radical (unpaired) electrons. The van der Waals surface area contributed by atoms with Gasteiger partial charge in [0, 0.05) is 35.2 Å². The van der Waals surface area contributed by atoms with Gasteiger partial charge in [0.2, 0.25) is 0 Å². The number of nitrogens with one attached hydrogen (secondary N) is 1. The minimum Gasteiger partial charge on any atom is -0.350 e. The van der Waals surface area contributed by atoms with Crippen LogP contribution in [0.4, 0.5) is 0 Å². The fourth-order valence-corrected chi connectivity index (χ4v) is 2.00. The van der Waals surface area contributed by atoms with Crippen molar-refractivity contribution in [3.8, 4) is 0 Å². The van der Waals surface area contributed by atoms with Gasteiger partial charge in [-0.1, -0.05) is 18.2 Å². The molecule has 3 heteroatoms. The fraction of sp³-hybridized carbons (Fsp3) is 0.400. The monoisotopic (exact) mass is 244 g/mol. The van der Waals surface area contributed by atoms with Crippen molar-refractivity contribution in [1.82, 2.24) is 9.88 Å². The van der Waals surface area contributed by atoms with Crippen LogP contribution in [0.5, 0.6) is 0 Å². The largest absolute Gasteiger partial charge is 0.350 e. The second-order valence-corrected chi connectivity index (χ2v) is 5.70. The second kappa shape index (κ2) is 4.58. The standard InChI is InChI=1S/C15H20N2O/c1-15(2,3)16-9-14(18)12-10-17(4)13-8-6-5-7-11(12)13/h5-8,10,16H,9H2,1-4H3. The molecule has 1 N–H and O–H groups in total. The molecule has 0 aliphatic rings. The third kappa shape index (κ3) is 2.62. The highest BCUT2D eigenvalue weighted by molar-refractivity contribution is 6.09. The van der Waals surface area contributed by atoms with Crippen LogP contribution in [0.15, 0.2) is 30.5 Å². The van der Waals surface area contributed by atoms with Gasteiger partial charge < -0.3 is 9.88 Å². The number of carbonyl (C=O) groups excluding carboxylic acids is 1. The Balaban J connectivity index is 2.28. The first-order valence-corrected chi connectivity index (χ1v) is 6.21. The molecule has 96 valence electrons. The van der Waals surface area contributed by atoms with Crippen LogP contribution in [-0.4, -0.2) is 22.4 Å².